The number of ether oxygens (including phenoxy) is 1. The second kappa shape index (κ2) is 6.60. The third-order valence-electron chi connectivity index (χ3n) is 3.61. The number of likely N-dealkylation sites (tertiary alicyclic amines) is 1. The van der Waals surface area contributed by atoms with Crippen molar-refractivity contribution in [3.05, 3.63) is 23.7 Å². The maximum absolute atomic E-state index is 12.5. The van der Waals surface area contributed by atoms with E-state index in [-0.39, 0.29) is 5.91 Å². The smallest absolute Gasteiger partial charge is 0.289 e. The van der Waals surface area contributed by atoms with Gasteiger partial charge in [-0.25, -0.2) is 0 Å². The monoisotopic (exact) mass is 296 g/mol. The van der Waals surface area contributed by atoms with Gasteiger partial charge in [-0.05, 0) is 39.1 Å². The first kappa shape index (κ1) is 16.0. The van der Waals surface area contributed by atoms with Crippen molar-refractivity contribution in [2.75, 3.05) is 40.8 Å². The molecule has 0 bridgehead atoms. The van der Waals surface area contributed by atoms with E-state index in [0.29, 0.717) is 44.2 Å². The summed E-state index contributed by atoms with van der Waals surface area (Å²) < 4.78 is 10.5. The predicted octanol–water partition coefficient (Wildman–Crippen LogP) is 0.955. The third kappa shape index (κ3) is 4.06. The van der Waals surface area contributed by atoms with Gasteiger partial charge >= 0.3 is 0 Å². The molecule has 0 aromatic carbocycles. The summed E-state index contributed by atoms with van der Waals surface area (Å²) in [7, 11) is 5.42. The van der Waals surface area contributed by atoms with Crippen LogP contribution in [-0.2, 0) is 11.3 Å². The van der Waals surface area contributed by atoms with Crippen LogP contribution >= 0.6 is 0 Å². The molecule has 6 heteroatoms. The van der Waals surface area contributed by atoms with E-state index in [1.807, 2.05) is 19.0 Å². The van der Waals surface area contributed by atoms with Crippen molar-refractivity contribution in [3.8, 4) is 0 Å². The zero-order valence-electron chi connectivity index (χ0n) is 13.0. The Kier molecular flexibility index (Phi) is 5.03. The van der Waals surface area contributed by atoms with Crippen LogP contribution in [0.5, 0.6) is 0 Å². The molecule has 0 aliphatic carbocycles. The van der Waals surface area contributed by atoms with Crippen LogP contribution < -0.4 is 0 Å². The summed E-state index contributed by atoms with van der Waals surface area (Å²) >= 11 is 0. The second-order valence-corrected chi connectivity index (χ2v) is 5.99. The summed E-state index contributed by atoms with van der Waals surface area (Å²) in [5.74, 6) is 0.756. The van der Waals surface area contributed by atoms with Gasteiger partial charge in [0, 0.05) is 20.2 Å². The molecule has 2 heterocycles. The number of rotatable bonds is 5. The van der Waals surface area contributed by atoms with Gasteiger partial charge in [-0.2, -0.15) is 0 Å². The molecule has 6 nitrogen and oxygen atoms in total. The molecule has 1 N–H and O–H groups in total. The quantitative estimate of drug-likeness (QED) is 0.876. The van der Waals surface area contributed by atoms with Crippen LogP contribution in [0.2, 0.25) is 0 Å². The Morgan fingerprint density at radius 1 is 1.52 bits per heavy atom. The third-order valence-corrected chi connectivity index (χ3v) is 3.61. The van der Waals surface area contributed by atoms with E-state index in [0.717, 1.165) is 6.42 Å². The van der Waals surface area contributed by atoms with Crippen LogP contribution in [0.3, 0.4) is 0 Å². The number of amides is 1. The van der Waals surface area contributed by atoms with Gasteiger partial charge in [0.2, 0.25) is 0 Å². The number of hydrogen-bond acceptors (Lipinski definition) is 5. The molecule has 0 spiro atoms. The molecule has 1 aromatic heterocycles. The number of carbonyl (C=O) groups is 1. The normalized spacial score (nSPS) is 22.8. The molecule has 1 aromatic rings. The first-order chi connectivity index (χ1) is 9.93. The lowest BCUT2D eigenvalue weighted by molar-refractivity contribution is -0.0398. The molecule has 21 heavy (non-hydrogen) atoms. The highest BCUT2D eigenvalue weighted by Crippen LogP contribution is 2.23. The van der Waals surface area contributed by atoms with Crippen LogP contribution in [-0.4, -0.2) is 67.3 Å². The van der Waals surface area contributed by atoms with E-state index in [1.165, 1.54) is 0 Å². The van der Waals surface area contributed by atoms with Crippen molar-refractivity contribution >= 4 is 5.91 Å². The Morgan fingerprint density at radius 2 is 2.29 bits per heavy atom. The largest absolute Gasteiger partial charge is 0.453 e. The van der Waals surface area contributed by atoms with Gasteiger partial charge in [-0.3, -0.25) is 4.79 Å². The van der Waals surface area contributed by atoms with Crippen molar-refractivity contribution in [2.24, 2.45) is 0 Å². The number of methoxy groups -OCH3 is 1. The molecular formula is C15H24N2O4. The summed E-state index contributed by atoms with van der Waals surface area (Å²) in [5.41, 5.74) is -0.848. The highest BCUT2D eigenvalue weighted by Gasteiger charge is 2.36. The fourth-order valence-electron chi connectivity index (χ4n) is 2.87. The summed E-state index contributed by atoms with van der Waals surface area (Å²) in [6.07, 6.45) is 1.50. The summed E-state index contributed by atoms with van der Waals surface area (Å²) in [5, 5.41) is 10.6. The van der Waals surface area contributed by atoms with Gasteiger partial charge in [-0.15, -0.1) is 0 Å². The van der Waals surface area contributed by atoms with Crippen molar-refractivity contribution in [3.63, 3.8) is 0 Å². The average molecular weight is 296 g/mol. The van der Waals surface area contributed by atoms with Crippen molar-refractivity contribution in [1.29, 1.82) is 0 Å². The highest BCUT2D eigenvalue weighted by molar-refractivity contribution is 5.91. The lowest BCUT2D eigenvalue weighted by atomic mass is 9.92. The minimum absolute atomic E-state index is 0.172. The molecule has 1 fully saturated rings. The fraction of sp³-hybridized carbons (Fsp3) is 0.667. The molecule has 1 atom stereocenters. The number of furan rings is 1. The van der Waals surface area contributed by atoms with Crippen LogP contribution in [0.25, 0.3) is 0 Å². The minimum atomic E-state index is -0.848. The summed E-state index contributed by atoms with van der Waals surface area (Å²) in [6.45, 7) is 1.88. The molecule has 0 saturated carbocycles. The first-order valence-corrected chi connectivity index (χ1v) is 7.17. The van der Waals surface area contributed by atoms with Gasteiger partial charge in [0.25, 0.3) is 5.91 Å². The van der Waals surface area contributed by atoms with Crippen molar-refractivity contribution in [1.82, 2.24) is 9.80 Å². The number of carbonyl (C=O) groups excluding carboxylic acids is 1. The van der Waals surface area contributed by atoms with E-state index >= 15 is 0 Å². The molecule has 1 aliphatic heterocycles. The van der Waals surface area contributed by atoms with E-state index in [4.69, 9.17) is 9.15 Å². The Balaban J connectivity index is 2.04. The van der Waals surface area contributed by atoms with Crippen LogP contribution in [0.15, 0.2) is 16.5 Å². The molecular weight excluding hydrogens is 272 g/mol. The summed E-state index contributed by atoms with van der Waals surface area (Å²) in [4.78, 5) is 16.1. The number of hydrogen-bond donors (Lipinski definition) is 1. The SMILES string of the molecule is COCc1ccc(C(=O)N2CCC[C@](O)(CN(C)C)C2)o1. The van der Waals surface area contributed by atoms with Gasteiger partial charge < -0.3 is 24.1 Å². The molecule has 0 radical (unpaired) electrons. The Morgan fingerprint density at radius 3 is 2.95 bits per heavy atom. The molecule has 1 aliphatic rings. The van der Waals surface area contributed by atoms with Crippen LogP contribution in [0.1, 0.15) is 29.2 Å². The topological polar surface area (TPSA) is 66.2 Å². The van der Waals surface area contributed by atoms with Gasteiger partial charge in [-0.1, -0.05) is 0 Å². The molecule has 1 saturated heterocycles. The van der Waals surface area contributed by atoms with Crippen LogP contribution in [0, 0.1) is 0 Å². The maximum atomic E-state index is 12.5. The number of aliphatic hydroxyl groups is 1. The first-order valence-electron chi connectivity index (χ1n) is 7.17. The number of likely N-dealkylation sites (N-methyl/N-ethyl adjacent to an activating group) is 1. The van der Waals surface area contributed by atoms with E-state index in [1.54, 1.807) is 24.1 Å². The van der Waals surface area contributed by atoms with E-state index < -0.39 is 5.60 Å². The molecule has 118 valence electrons. The fourth-order valence-corrected chi connectivity index (χ4v) is 2.87. The maximum Gasteiger partial charge on any atom is 0.289 e. The van der Waals surface area contributed by atoms with Gasteiger partial charge in [0.05, 0.1) is 12.1 Å². The van der Waals surface area contributed by atoms with E-state index in [9.17, 15) is 9.90 Å². The van der Waals surface area contributed by atoms with Crippen LogP contribution in [0.4, 0.5) is 0 Å². The van der Waals surface area contributed by atoms with Gasteiger partial charge in [0.1, 0.15) is 12.4 Å². The van der Waals surface area contributed by atoms with E-state index in [2.05, 4.69) is 0 Å². The second-order valence-electron chi connectivity index (χ2n) is 5.99. The lowest BCUT2D eigenvalue weighted by Gasteiger charge is -2.40. The standard InChI is InChI=1S/C15H24N2O4/c1-16(2)10-15(19)7-4-8-17(11-15)14(18)13-6-5-12(21-13)9-20-3/h5-6,19H,4,7-11H2,1-3H3/t15-/m0/s1. The van der Waals surface area contributed by atoms with Crippen molar-refractivity contribution < 1.29 is 19.1 Å². The Bertz CT molecular complexity index is 486. The van der Waals surface area contributed by atoms with Gasteiger partial charge in [0.15, 0.2) is 5.76 Å². The summed E-state index contributed by atoms with van der Waals surface area (Å²) in [6, 6.07) is 3.41. The number of piperidine rings is 1. The Labute approximate surface area is 125 Å². The molecule has 1 amide bonds. The lowest BCUT2D eigenvalue weighted by Crippen LogP contribution is -2.54. The van der Waals surface area contributed by atoms with Crippen molar-refractivity contribution in [2.45, 2.75) is 25.0 Å². The zero-order chi connectivity index (χ0) is 15.5. The highest BCUT2D eigenvalue weighted by atomic mass is 16.5. The predicted molar refractivity (Wildman–Crippen MR) is 78.1 cm³/mol. The Hall–Kier alpha value is -1.37. The molecule has 0 unspecified atom stereocenters. The number of nitrogens with zero attached hydrogens (tertiary/aromatic N) is 2. The number of β-amino-alcohol motifs (C(OH)–C–C–N with tert-alkyl or cyclic N) is 1. The average Bonchev–Trinajstić information content (AvgIpc) is 2.85. The molecule has 2 rings (SSSR count). The minimum Gasteiger partial charge on any atom is -0.453 e. The zero-order valence-corrected chi connectivity index (χ0v) is 13.0.